The first-order valence-electron chi connectivity index (χ1n) is 22.2. The second-order valence-electron chi connectivity index (χ2n) is 15.6. The minimum atomic E-state index is -1.81. The third-order valence-electron chi connectivity index (χ3n) is 10.9. The van der Waals surface area contributed by atoms with Crippen molar-refractivity contribution in [3.63, 3.8) is 0 Å². The predicted octanol–water partition coefficient (Wildman–Crippen LogP) is 16.3. The molecule has 0 aromatic heterocycles. The number of unbranched alkanes of at least 4 members (excludes halogenated alkanes) is 24. The highest BCUT2D eigenvalue weighted by Gasteiger charge is 2.38. The zero-order valence-corrected chi connectivity index (χ0v) is 36.8. The van der Waals surface area contributed by atoms with Crippen molar-refractivity contribution in [3.05, 3.63) is 0 Å². The topological polar surface area (TPSA) is 18.5 Å². The van der Waals surface area contributed by atoms with Gasteiger partial charge in [0.1, 0.15) is 0 Å². The maximum atomic E-state index is 7.42. The zero-order valence-electron chi connectivity index (χ0n) is 33.8. The summed E-state index contributed by atoms with van der Waals surface area (Å²) in [6.45, 7) is 14.1. The molecule has 0 bridgehead atoms. The molecule has 0 aliphatic heterocycles. The van der Waals surface area contributed by atoms with Gasteiger partial charge in [-0.15, -0.1) is 0 Å². The third kappa shape index (κ3) is 28.9. The van der Waals surface area contributed by atoms with E-state index in [4.69, 9.17) is 8.23 Å². The van der Waals surface area contributed by atoms with Crippen molar-refractivity contribution in [2.45, 2.75) is 270 Å². The molecule has 0 saturated carbocycles. The summed E-state index contributed by atoms with van der Waals surface area (Å²) in [6, 6.07) is 8.38. The van der Waals surface area contributed by atoms with Crippen LogP contribution in [0.5, 0.6) is 0 Å². The molecule has 0 aliphatic rings. The van der Waals surface area contributed by atoms with Gasteiger partial charge >= 0.3 is 10.0 Å². The van der Waals surface area contributed by atoms with Crippen LogP contribution in [0.2, 0.25) is 36.3 Å². The minimum Gasteiger partial charge on any atom is -0.434 e. The van der Waals surface area contributed by atoms with Gasteiger partial charge < -0.3 is 8.23 Å². The highest BCUT2D eigenvalue weighted by molar-refractivity contribution is 6.80. The lowest BCUT2D eigenvalue weighted by Crippen LogP contribution is -2.45. The molecule has 2 radical (unpaired) electrons. The second-order valence-corrected chi connectivity index (χ2v) is 25.2. The van der Waals surface area contributed by atoms with E-state index in [0.717, 1.165) is 0 Å². The molecule has 0 rings (SSSR count). The van der Waals surface area contributed by atoms with Gasteiger partial charge in [-0.05, 0) is 36.3 Å². The maximum Gasteiger partial charge on any atom is 0.410 e. The molecule has 0 spiro atoms. The molecule has 0 atom stereocenters. The second kappa shape index (κ2) is 36.4. The van der Waals surface area contributed by atoms with Crippen LogP contribution in [-0.2, 0) is 8.23 Å². The van der Waals surface area contributed by atoms with E-state index in [9.17, 15) is 0 Å². The average molecular weight is 711 g/mol. The summed E-state index contributed by atoms with van der Waals surface area (Å²) in [7, 11) is -3.29. The van der Waals surface area contributed by atoms with Crippen molar-refractivity contribution in [2.24, 2.45) is 0 Å². The van der Waals surface area contributed by atoms with E-state index >= 15 is 0 Å². The minimum absolute atomic E-state index is 0.332. The smallest absolute Gasteiger partial charge is 0.410 e. The lowest BCUT2D eigenvalue weighted by molar-refractivity contribution is 0.417. The summed E-state index contributed by atoms with van der Waals surface area (Å²) in [5.74, 6) is 0. The summed E-state index contributed by atoms with van der Waals surface area (Å²) in [5, 5.41) is 0. The monoisotopic (exact) mass is 711 g/mol. The molecule has 0 aromatic rings. The van der Waals surface area contributed by atoms with Gasteiger partial charge in [-0.2, -0.15) is 0 Å². The lowest BCUT2D eigenvalue weighted by Gasteiger charge is -2.36. The summed E-state index contributed by atoms with van der Waals surface area (Å²) in [6.07, 6.45) is 41.8. The van der Waals surface area contributed by atoms with Gasteiger partial charge in [0.15, 0.2) is 16.6 Å². The fraction of sp³-hybridized carbons (Fsp3) is 1.00. The summed E-state index contributed by atoms with van der Waals surface area (Å²) >= 11 is 0. The van der Waals surface area contributed by atoms with E-state index in [1.807, 2.05) is 0 Å². The maximum absolute atomic E-state index is 7.42. The van der Waals surface area contributed by atoms with Crippen molar-refractivity contribution < 1.29 is 8.23 Å². The van der Waals surface area contributed by atoms with Gasteiger partial charge in [-0.1, -0.05) is 234 Å². The van der Waals surface area contributed by atoms with Gasteiger partial charge in [-0.3, -0.25) is 0 Å². The van der Waals surface area contributed by atoms with Crippen LogP contribution in [0.4, 0.5) is 0 Å². The molecule has 0 fully saturated rings. The Hall–Kier alpha value is 0.571. The Balaban J connectivity index is 5.87. The molecule has 0 saturated heterocycles. The van der Waals surface area contributed by atoms with Gasteiger partial charge in [0.05, 0.1) is 0 Å². The molecule has 0 unspecified atom stereocenters. The molecule has 0 aliphatic carbocycles. The molecular weight excluding hydrogens is 621 g/mol. The molecule has 0 aromatic carbocycles. The molecule has 47 heavy (non-hydrogen) atoms. The molecule has 0 heterocycles. The van der Waals surface area contributed by atoms with Crippen LogP contribution < -0.4 is 0 Å². The van der Waals surface area contributed by atoms with Crippen LogP contribution in [0.3, 0.4) is 0 Å². The van der Waals surface area contributed by atoms with Crippen LogP contribution >= 0.6 is 0 Å². The molecular formula is C42H90O2Si3. The van der Waals surface area contributed by atoms with Crippen LogP contribution in [-0.4, -0.2) is 26.6 Å². The molecule has 0 amide bonds. The highest BCUT2D eigenvalue weighted by atomic mass is 28.4. The summed E-state index contributed by atoms with van der Waals surface area (Å²) in [5.41, 5.74) is 0. The van der Waals surface area contributed by atoms with Crippen molar-refractivity contribution in [2.75, 3.05) is 0 Å². The third-order valence-corrected chi connectivity index (χ3v) is 22.7. The van der Waals surface area contributed by atoms with E-state index in [1.54, 1.807) is 0 Å². The van der Waals surface area contributed by atoms with Crippen molar-refractivity contribution in [1.82, 2.24) is 0 Å². The first-order chi connectivity index (χ1) is 23.1. The van der Waals surface area contributed by atoms with Crippen LogP contribution in [0.1, 0.15) is 234 Å². The van der Waals surface area contributed by atoms with E-state index < -0.39 is 16.6 Å². The predicted molar refractivity (Wildman–Crippen MR) is 221 cm³/mol. The molecule has 5 heteroatoms. The summed E-state index contributed by atoms with van der Waals surface area (Å²) in [4.78, 5) is 0. The van der Waals surface area contributed by atoms with Gasteiger partial charge in [0.2, 0.25) is 0 Å². The Labute approximate surface area is 304 Å². The Morgan fingerprint density at radius 3 is 0.596 bits per heavy atom. The number of rotatable bonds is 40. The first-order valence-corrected chi connectivity index (χ1v) is 28.1. The van der Waals surface area contributed by atoms with Gasteiger partial charge in [0, 0.05) is 0 Å². The SMILES string of the molecule is CCCCCCC[Si](CCCCCCC)(CCCCCCC)O[Si]O[Si](CCCCCCC)(CCCCCCC)CCCCCCC. The van der Waals surface area contributed by atoms with E-state index in [2.05, 4.69) is 41.5 Å². The fourth-order valence-corrected chi connectivity index (χ4v) is 18.8. The highest BCUT2D eigenvalue weighted by Crippen LogP contribution is 2.34. The molecule has 2 nitrogen and oxygen atoms in total. The Morgan fingerprint density at radius 1 is 0.255 bits per heavy atom. The zero-order chi connectivity index (χ0) is 34.6. The van der Waals surface area contributed by atoms with Gasteiger partial charge in [0.25, 0.3) is 0 Å². The quantitative estimate of drug-likeness (QED) is 0.0465. The Bertz CT molecular complexity index is 480. The van der Waals surface area contributed by atoms with Gasteiger partial charge in [-0.25, -0.2) is 0 Å². The molecule has 282 valence electrons. The summed E-state index contributed by atoms with van der Waals surface area (Å²) < 4.78 is 14.8. The van der Waals surface area contributed by atoms with E-state index in [1.165, 1.54) is 229 Å². The standard InChI is InChI=1S/C42H90O2Si3/c1-7-13-19-25-31-37-46(38-32-26-20-14-8-2,39-33-27-21-15-9-3)43-45-44-47(40-34-28-22-16-10-4,41-35-29-23-17-11-5)42-36-30-24-18-12-6/h7-42H2,1-6H3. The van der Waals surface area contributed by atoms with Crippen molar-refractivity contribution in [1.29, 1.82) is 0 Å². The Kier molecular flexibility index (Phi) is 36.8. The van der Waals surface area contributed by atoms with Crippen LogP contribution in [0.15, 0.2) is 0 Å². The Morgan fingerprint density at radius 2 is 0.426 bits per heavy atom. The normalized spacial score (nSPS) is 12.4. The average Bonchev–Trinajstić information content (AvgIpc) is 3.07. The van der Waals surface area contributed by atoms with Crippen molar-refractivity contribution >= 4 is 26.6 Å². The van der Waals surface area contributed by atoms with Crippen molar-refractivity contribution in [3.8, 4) is 0 Å². The number of hydrogen-bond acceptors (Lipinski definition) is 2. The number of hydrogen-bond donors (Lipinski definition) is 0. The lowest BCUT2D eigenvalue weighted by atomic mass is 10.2. The van der Waals surface area contributed by atoms with Crippen LogP contribution in [0, 0.1) is 0 Å². The molecule has 0 N–H and O–H groups in total. The van der Waals surface area contributed by atoms with Crippen LogP contribution in [0.25, 0.3) is 0 Å². The first kappa shape index (κ1) is 47.6. The fourth-order valence-electron chi connectivity index (χ4n) is 7.56. The van der Waals surface area contributed by atoms with E-state index in [0.29, 0.717) is 10.0 Å². The van der Waals surface area contributed by atoms with E-state index in [-0.39, 0.29) is 0 Å². The largest absolute Gasteiger partial charge is 0.434 e.